The molecule has 2 aromatic carbocycles. The van der Waals surface area contributed by atoms with Crippen LogP contribution in [-0.4, -0.2) is 42.4 Å². The van der Waals surface area contributed by atoms with Gasteiger partial charge in [0.05, 0.1) is 37.3 Å². The average molecular weight is 413 g/mol. The van der Waals surface area contributed by atoms with E-state index in [4.69, 9.17) is 4.74 Å². The zero-order chi connectivity index (χ0) is 21.5. The molecule has 1 heterocycles. The van der Waals surface area contributed by atoms with Gasteiger partial charge in [-0.1, -0.05) is 6.07 Å². The molecular formula is C21H25N4O5+. The highest BCUT2D eigenvalue weighted by molar-refractivity contribution is 5.86. The van der Waals surface area contributed by atoms with E-state index in [1.807, 2.05) is 0 Å². The van der Waals surface area contributed by atoms with Crippen LogP contribution in [0.3, 0.4) is 0 Å². The molecule has 0 aliphatic carbocycles. The van der Waals surface area contributed by atoms with Crippen LogP contribution >= 0.6 is 0 Å². The first-order valence-corrected chi connectivity index (χ1v) is 9.73. The van der Waals surface area contributed by atoms with Gasteiger partial charge in [-0.05, 0) is 24.3 Å². The lowest BCUT2D eigenvalue weighted by Crippen LogP contribution is -3.11. The van der Waals surface area contributed by atoms with Crippen LogP contribution in [0.15, 0.2) is 47.6 Å². The third-order valence-corrected chi connectivity index (χ3v) is 5.29. The minimum Gasteiger partial charge on any atom is -0.504 e. The normalized spacial score (nSPS) is 18.8. The van der Waals surface area contributed by atoms with E-state index in [0.29, 0.717) is 11.3 Å². The summed E-state index contributed by atoms with van der Waals surface area (Å²) in [5.74, 6) is 0.0690. The Balaban J connectivity index is 1.46. The fraction of sp³-hybridized carbons (Fsp3) is 0.333. The number of para-hydroxylation sites is 1. The highest BCUT2D eigenvalue weighted by Gasteiger charge is 2.27. The summed E-state index contributed by atoms with van der Waals surface area (Å²) < 4.78 is 5.05. The molecule has 30 heavy (non-hydrogen) atoms. The summed E-state index contributed by atoms with van der Waals surface area (Å²) in [6.45, 7) is 2.46. The highest BCUT2D eigenvalue weighted by Crippen LogP contribution is 2.27. The minimum absolute atomic E-state index is 0.0267. The van der Waals surface area contributed by atoms with Crippen molar-refractivity contribution in [2.24, 2.45) is 11.0 Å². The van der Waals surface area contributed by atoms with Gasteiger partial charge < -0.3 is 14.7 Å². The molecule has 3 rings (SSSR count). The second kappa shape index (κ2) is 9.84. The number of amides is 1. The number of phenols is 1. The first-order valence-electron chi connectivity index (χ1n) is 9.73. The molecule has 158 valence electrons. The van der Waals surface area contributed by atoms with Gasteiger partial charge in [-0.3, -0.25) is 14.9 Å². The maximum absolute atomic E-state index is 12.4. The van der Waals surface area contributed by atoms with Crippen molar-refractivity contribution in [3.05, 3.63) is 63.7 Å². The van der Waals surface area contributed by atoms with Crippen molar-refractivity contribution in [1.82, 2.24) is 5.43 Å². The number of phenolic OH excluding ortho intramolecular Hbond substituents is 1. The van der Waals surface area contributed by atoms with Crippen molar-refractivity contribution in [2.45, 2.75) is 19.4 Å². The SMILES string of the molecule is COc1cccc(/C=N/NC(=O)C2CC[NH+](Cc3ccc([N+](=O)[O-])cc3)CC2)c1O. The van der Waals surface area contributed by atoms with E-state index in [2.05, 4.69) is 10.5 Å². The van der Waals surface area contributed by atoms with Crippen LogP contribution in [0.2, 0.25) is 0 Å². The summed E-state index contributed by atoms with van der Waals surface area (Å²) in [5.41, 5.74) is 4.14. The Morgan fingerprint density at radius 3 is 2.63 bits per heavy atom. The Hall–Kier alpha value is -3.46. The summed E-state index contributed by atoms with van der Waals surface area (Å²) >= 11 is 0. The van der Waals surface area contributed by atoms with E-state index in [-0.39, 0.29) is 23.3 Å². The number of rotatable bonds is 7. The van der Waals surface area contributed by atoms with Gasteiger partial charge in [0.15, 0.2) is 11.5 Å². The van der Waals surface area contributed by atoms with Crippen molar-refractivity contribution in [1.29, 1.82) is 0 Å². The zero-order valence-corrected chi connectivity index (χ0v) is 16.7. The van der Waals surface area contributed by atoms with E-state index in [1.54, 1.807) is 30.3 Å². The molecule has 9 nitrogen and oxygen atoms in total. The Morgan fingerprint density at radius 2 is 2.00 bits per heavy atom. The standard InChI is InChI=1S/C21H24N4O5/c1-30-19-4-2-3-17(20(19)26)13-22-23-21(27)16-9-11-24(12-10-16)14-15-5-7-18(8-6-15)25(28)29/h2-8,13,16,26H,9-12,14H2,1H3,(H,23,27)/p+1/b22-13+. The van der Waals surface area contributed by atoms with E-state index in [0.717, 1.165) is 38.0 Å². The molecule has 0 saturated carbocycles. The molecule has 1 aliphatic heterocycles. The number of hydrogen-bond donors (Lipinski definition) is 3. The largest absolute Gasteiger partial charge is 0.504 e. The monoisotopic (exact) mass is 413 g/mol. The molecule has 1 amide bonds. The van der Waals surface area contributed by atoms with Gasteiger partial charge in [-0.25, -0.2) is 5.43 Å². The van der Waals surface area contributed by atoms with Crippen molar-refractivity contribution >= 4 is 17.8 Å². The maximum Gasteiger partial charge on any atom is 0.269 e. The lowest BCUT2D eigenvalue weighted by molar-refractivity contribution is -0.919. The lowest BCUT2D eigenvalue weighted by Gasteiger charge is -2.28. The number of methoxy groups -OCH3 is 1. The van der Waals surface area contributed by atoms with Crippen LogP contribution in [0.5, 0.6) is 11.5 Å². The number of carbonyl (C=O) groups is 1. The maximum atomic E-state index is 12.4. The number of hydrogen-bond acceptors (Lipinski definition) is 6. The number of aromatic hydroxyl groups is 1. The van der Waals surface area contributed by atoms with Crippen molar-refractivity contribution in [3.8, 4) is 11.5 Å². The Morgan fingerprint density at radius 1 is 1.30 bits per heavy atom. The number of non-ortho nitro benzene ring substituents is 1. The number of nitro benzene ring substituents is 1. The summed E-state index contributed by atoms with van der Waals surface area (Å²) in [5, 5.41) is 24.7. The van der Waals surface area contributed by atoms with E-state index in [1.165, 1.54) is 30.4 Å². The molecule has 9 heteroatoms. The Kier molecular flexibility index (Phi) is 6.97. The molecular weight excluding hydrogens is 388 g/mol. The average Bonchev–Trinajstić information content (AvgIpc) is 2.75. The van der Waals surface area contributed by atoms with Crippen molar-refractivity contribution in [3.63, 3.8) is 0 Å². The molecule has 0 bridgehead atoms. The molecule has 0 spiro atoms. The number of hydrazone groups is 1. The molecule has 1 fully saturated rings. The number of quaternary nitrogens is 1. The molecule has 0 atom stereocenters. The Bertz CT molecular complexity index is 921. The fourth-order valence-corrected chi connectivity index (χ4v) is 3.55. The van der Waals surface area contributed by atoms with E-state index >= 15 is 0 Å². The van der Waals surface area contributed by atoms with Crippen LogP contribution < -0.4 is 15.1 Å². The second-order valence-electron chi connectivity index (χ2n) is 7.26. The van der Waals surface area contributed by atoms with Crippen molar-refractivity contribution < 1.29 is 24.5 Å². The van der Waals surface area contributed by atoms with Gasteiger partial charge >= 0.3 is 0 Å². The number of carbonyl (C=O) groups excluding carboxylic acids is 1. The highest BCUT2D eigenvalue weighted by atomic mass is 16.6. The third-order valence-electron chi connectivity index (χ3n) is 5.29. The predicted molar refractivity (Wildman–Crippen MR) is 111 cm³/mol. The molecule has 0 unspecified atom stereocenters. The topological polar surface area (TPSA) is 118 Å². The number of ether oxygens (including phenoxy) is 1. The van der Waals surface area contributed by atoms with Crippen LogP contribution in [0.25, 0.3) is 0 Å². The van der Waals surface area contributed by atoms with Crippen LogP contribution in [-0.2, 0) is 11.3 Å². The number of piperidine rings is 1. The van der Waals surface area contributed by atoms with Crippen LogP contribution in [0.4, 0.5) is 5.69 Å². The fourth-order valence-electron chi connectivity index (χ4n) is 3.55. The quantitative estimate of drug-likeness (QED) is 0.359. The van der Waals surface area contributed by atoms with Gasteiger partial charge in [0.25, 0.3) is 5.69 Å². The van der Waals surface area contributed by atoms with Crippen LogP contribution in [0, 0.1) is 16.0 Å². The number of likely N-dealkylation sites (tertiary alicyclic amines) is 1. The van der Waals surface area contributed by atoms with Gasteiger partial charge in [0.1, 0.15) is 6.54 Å². The van der Waals surface area contributed by atoms with E-state index < -0.39 is 4.92 Å². The van der Waals surface area contributed by atoms with Gasteiger partial charge in [-0.15, -0.1) is 0 Å². The van der Waals surface area contributed by atoms with E-state index in [9.17, 15) is 20.0 Å². The summed E-state index contributed by atoms with van der Waals surface area (Å²) in [6.07, 6.45) is 2.88. The van der Waals surface area contributed by atoms with Crippen LogP contribution in [0.1, 0.15) is 24.0 Å². The third kappa shape index (κ3) is 5.32. The summed E-state index contributed by atoms with van der Waals surface area (Å²) in [6, 6.07) is 11.6. The summed E-state index contributed by atoms with van der Waals surface area (Å²) in [7, 11) is 1.47. The molecule has 0 aromatic heterocycles. The lowest BCUT2D eigenvalue weighted by atomic mass is 9.96. The van der Waals surface area contributed by atoms with Gasteiger partial charge in [0.2, 0.25) is 5.91 Å². The number of benzene rings is 2. The zero-order valence-electron chi connectivity index (χ0n) is 16.7. The molecule has 1 saturated heterocycles. The predicted octanol–water partition coefficient (Wildman–Crippen LogP) is 1.25. The molecule has 0 radical (unpaired) electrons. The number of nitro groups is 1. The first-order chi connectivity index (χ1) is 14.5. The first kappa shape index (κ1) is 21.3. The van der Waals surface area contributed by atoms with Crippen molar-refractivity contribution in [2.75, 3.05) is 20.2 Å². The minimum atomic E-state index is -0.404. The Labute approximate surface area is 174 Å². The smallest absolute Gasteiger partial charge is 0.269 e. The molecule has 2 aromatic rings. The molecule has 1 aliphatic rings. The second-order valence-corrected chi connectivity index (χ2v) is 7.26. The van der Waals surface area contributed by atoms with Gasteiger partial charge in [-0.2, -0.15) is 5.10 Å². The number of nitrogens with zero attached hydrogens (tertiary/aromatic N) is 2. The molecule has 3 N–H and O–H groups in total. The number of nitrogens with one attached hydrogen (secondary N) is 2. The summed E-state index contributed by atoms with van der Waals surface area (Å²) in [4.78, 5) is 24.1. The van der Waals surface area contributed by atoms with Gasteiger partial charge in [0, 0.05) is 36.1 Å².